The zero-order chi connectivity index (χ0) is 9.52. The topological polar surface area (TPSA) is 43.6 Å². The largest absolute Gasteiger partial charge is 0.229 e. The van der Waals surface area contributed by atoms with E-state index in [4.69, 9.17) is 0 Å². The molecule has 4 heteroatoms. The number of tetrazole rings is 1. The van der Waals surface area contributed by atoms with Gasteiger partial charge < -0.3 is 0 Å². The van der Waals surface area contributed by atoms with Gasteiger partial charge in [-0.25, -0.2) is 4.68 Å². The van der Waals surface area contributed by atoms with Gasteiger partial charge in [0.15, 0.2) is 0 Å². The molecule has 0 N–H and O–H groups in total. The molecule has 0 spiro atoms. The molecular formula is C9H17N4. The molecule has 1 aromatic rings. The third-order valence-electron chi connectivity index (χ3n) is 2.17. The molecular weight excluding hydrogens is 164 g/mol. The average Bonchev–Trinajstić information content (AvgIpc) is 2.65. The summed E-state index contributed by atoms with van der Waals surface area (Å²) in [5.74, 6) is 0. The maximum Gasteiger partial charge on any atom is 0.138 e. The lowest BCUT2D eigenvalue weighted by Crippen LogP contribution is -2.09. The molecule has 0 fully saturated rings. The quantitative estimate of drug-likeness (QED) is 0.674. The van der Waals surface area contributed by atoms with E-state index >= 15 is 0 Å². The molecule has 1 atom stereocenters. The van der Waals surface area contributed by atoms with E-state index in [1.54, 1.807) is 6.33 Å². The third kappa shape index (κ3) is 3.13. The van der Waals surface area contributed by atoms with Crippen molar-refractivity contribution in [3.05, 3.63) is 13.3 Å². The minimum Gasteiger partial charge on any atom is -0.229 e. The molecule has 0 aliphatic carbocycles. The Bertz CT molecular complexity index is 207. The first-order chi connectivity index (χ1) is 6.38. The second kappa shape index (κ2) is 5.67. The van der Waals surface area contributed by atoms with Crippen molar-refractivity contribution < 1.29 is 0 Å². The van der Waals surface area contributed by atoms with Crippen LogP contribution in [0.1, 0.15) is 45.1 Å². The third-order valence-corrected chi connectivity index (χ3v) is 2.17. The second-order valence-corrected chi connectivity index (χ2v) is 3.23. The minimum absolute atomic E-state index is 0.437. The predicted octanol–water partition coefficient (Wildman–Crippen LogP) is 2.02. The van der Waals surface area contributed by atoms with Gasteiger partial charge in [0.25, 0.3) is 0 Å². The standard InChI is InChI=1S/C9H17N4/c1-3-5-7-9(6-4-2)13-8-10-11-12-13/h8-9H,2-7H2,1H3. The number of hydrogen-bond donors (Lipinski definition) is 0. The number of hydrogen-bond acceptors (Lipinski definition) is 3. The van der Waals surface area contributed by atoms with Crippen molar-refractivity contribution >= 4 is 0 Å². The Kier molecular flexibility index (Phi) is 4.43. The summed E-state index contributed by atoms with van der Waals surface area (Å²) in [6.07, 6.45) is 7.28. The van der Waals surface area contributed by atoms with Crippen LogP contribution in [0.25, 0.3) is 0 Å². The Balaban J connectivity index is 2.47. The van der Waals surface area contributed by atoms with Crippen LogP contribution in [-0.2, 0) is 0 Å². The molecule has 4 nitrogen and oxygen atoms in total. The maximum atomic E-state index is 3.92. The molecule has 0 saturated heterocycles. The van der Waals surface area contributed by atoms with Crippen molar-refractivity contribution in [2.75, 3.05) is 0 Å². The second-order valence-electron chi connectivity index (χ2n) is 3.23. The maximum absolute atomic E-state index is 3.92. The van der Waals surface area contributed by atoms with Crippen LogP contribution in [-0.4, -0.2) is 20.2 Å². The van der Waals surface area contributed by atoms with Gasteiger partial charge in [-0.15, -0.1) is 5.10 Å². The van der Waals surface area contributed by atoms with Crippen LogP contribution >= 0.6 is 0 Å². The van der Waals surface area contributed by atoms with E-state index in [9.17, 15) is 0 Å². The molecule has 1 rings (SSSR count). The highest BCUT2D eigenvalue weighted by molar-refractivity contribution is 4.66. The van der Waals surface area contributed by atoms with Gasteiger partial charge in [-0.3, -0.25) is 0 Å². The fourth-order valence-electron chi connectivity index (χ4n) is 1.42. The van der Waals surface area contributed by atoms with Gasteiger partial charge in [-0.05, 0) is 23.3 Å². The highest BCUT2D eigenvalue weighted by Gasteiger charge is 2.09. The summed E-state index contributed by atoms with van der Waals surface area (Å²) in [4.78, 5) is 0. The number of unbranched alkanes of at least 4 members (excludes halogenated alkanes) is 1. The van der Waals surface area contributed by atoms with Crippen LogP contribution in [0, 0.1) is 6.92 Å². The molecule has 1 aromatic heterocycles. The summed E-state index contributed by atoms with van der Waals surface area (Å²) in [5, 5.41) is 11.2. The summed E-state index contributed by atoms with van der Waals surface area (Å²) < 4.78 is 1.85. The predicted molar refractivity (Wildman–Crippen MR) is 51.0 cm³/mol. The fourth-order valence-corrected chi connectivity index (χ4v) is 1.42. The first-order valence-corrected chi connectivity index (χ1v) is 4.90. The highest BCUT2D eigenvalue weighted by atomic mass is 15.5. The first-order valence-electron chi connectivity index (χ1n) is 4.90. The van der Waals surface area contributed by atoms with Crippen molar-refractivity contribution in [1.82, 2.24) is 20.2 Å². The Morgan fingerprint density at radius 1 is 1.46 bits per heavy atom. The van der Waals surface area contributed by atoms with Crippen LogP contribution in [0.15, 0.2) is 6.33 Å². The zero-order valence-electron chi connectivity index (χ0n) is 8.19. The average molecular weight is 181 g/mol. The fraction of sp³-hybridized carbons (Fsp3) is 0.778. The van der Waals surface area contributed by atoms with Gasteiger partial charge in [0, 0.05) is 0 Å². The van der Waals surface area contributed by atoms with Crippen LogP contribution in [0.4, 0.5) is 0 Å². The number of nitrogens with zero attached hydrogens (tertiary/aromatic N) is 4. The van der Waals surface area contributed by atoms with Crippen LogP contribution in [0.2, 0.25) is 0 Å². The van der Waals surface area contributed by atoms with Gasteiger partial charge in [-0.2, -0.15) is 0 Å². The summed E-state index contributed by atoms with van der Waals surface area (Å²) >= 11 is 0. The van der Waals surface area contributed by atoms with E-state index in [1.807, 2.05) is 4.68 Å². The van der Waals surface area contributed by atoms with Crippen molar-refractivity contribution in [2.45, 2.75) is 45.1 Å². The Morgan fingerprint density at radius 3 is 2.85 bits per heavy atom. The molecule has 0 amide bonds. The zero-order valence-corrected chi connectivity index (χ0v) is 8.19. The van der Waals surface area contributed by atoms with Crippen LogP contribution in [0.3, 0.4) is 0 Å². The van der Waals surface area contributed by atoms with Gasteiger partial charge in [0.1, 0.15) is 6.33 Å². The summed E-state index contributed by atoms with van der Waals surface area (Å²) in [5.41, 5.74) is 0. The monoisotopic (exact) mass is 181 g/mol. The molecule has 0 aliphatic heterocycles. The van der Waals surface area contributed by atoms with E-state index in [2.05, 4.69) is 29.4 Å². The molecule has 13 heavy (non-hydrogen) atoms. The lowest BCUT2D eigenvalue weighted by molar-refractivity contribution is 0.381. The van der Waals surface area contributed by atoms with Crippen LogP contribution in [0.5, 0.6) is 0 Å². The van der Waals surface area contributed by atoms with E-state index in [-0.39, 0.29) is 0 Å². The molecule has 73 valence electrons. The molecule has 0 saturated carbocycles. The Hall–Kier alpha value is -0.930. The van der Waals surface area contributed by atoms with Gasteiger partial charge >= 0.3 is 0 Å². The molecule has 0 aromatic carbocycles. The smallest absolute Gasteiger partial charge is 0.138 e. The van der Waals surface area contributed by atoms with Crippen LogP contribution < -0.4 is 0 Å². The molecule has 1 radical (unpaired) electrons. The molecule has 1 unspecified atom stereocenters. The highest BCUT2D eigenvalue weighted by Crippen LogP contribution is 2.18. The van der Waals surface area contributed by atoms with Gasteiger partial charge in [0.2, 0.25) is 0 Å². The van der Waals surface area contributed by atoms with Crippen molar-refractivity contribution in [2.24, 2.45) is 0 Å². The van der Waals surface area contributed by atoms with E-state index < -0.39 is 0 Å². The van der Waals surface area contributed by atoms with E-state index in [0.717, 1.165) is 19.3 Å². The molecule has 1 heterocycles. The van der Waals surface area contributed by atoms with Gasteiger partial charge in [0.05, 0.1) is 6.04 Å². The van der Waals surface area contributed by atoms with Gasteiger partial charge in [-0.1, -0.05) is 33.1 Å². The first kappa shape index (κ1) is 10.2. The lowest BCUT2D eigenvalue weighted by Gasteiger charge is -2.14. The number of rotatable bonds is 6. The summed E-state index contributed by atoms with van der Waals surface area (Å²) in [6, 6.07) is 0.437. The normalized spacial score (nSPS) is 13.1. The van der Waals surface area contributed by atoms with Crippen molar-refractivity contribution in [3.63, 3.8) is 0 Å². The van der Waals surface area contributed by atoms with E-state index in [1.165, 1.54) is 12.8 Å². The summed E-state index contributed by atoms with van der Waals surface area (Å²) in [6.45, 7) is 6.06. The Labute approximate surface area is 79.3 Å². The Morgan fingerprint density at radius 2 is 2.31 bits per heavy atom. The lowest BCUT2D eigenvalue weighted by atomic mass is 10.1. The minimum atomic E-state index is 0.437. The molecule has 0 bridgehead atoms. The SMILES string of the molecule is [CH2]CCC(CCCC)n1cnnn1. The number of aromatic nitrogens is 4. The molecule has 0 aliphatic rings. The van der Waals surface area contributed by atoms with E-state index in [0.29, 0.717) is 6.04 Å². The summed E-state index contributed by atoms with van der Waals surface area (Å²) in [7, 11) is 0. The van der Waals surface area contributed by atoms with Crippen molar-refractivity contribution in [3.8, 4) is 0 Å². The van der Waals surface area contributed by atoms with Crippen molar-refractivity contribution in [1.29, 1.82) is 0 Å².